The van der Waals surface area contributed by atoms with E-state index in [-0.39, 0.29) is 0 Å². The van der Waals surface area contributed by atoms with E-state index in [1.807, 2.05) is 7.05 Å². The molecule has 0 bridgehead atoms. The summed E-state index contributed by atoms with van der Waals surface area (Å²) in [6.07, 6.45) is 1.04. The fraction of sp³-hybridized carbons (Fsp3) is 0.286. The Labute approximate surface area is 105 Å². The van der Waals surface area contributed by atoms with Gasteiger partial charge in [0.15, 0.2) is 0 Å². The third kappa shape index (κ3) is 1.96. The molecule has 1 aromatic carbocycles. The predicted molar refractivity (Wildman–Crippen MR) is 71.7 cm³/mol. The van der Waals surface area contributed by atoms with Gasteiger partial charge >= 0.3 is 0 Å². The number of hydrogen-bond donors (Lipinski definition) is 1. The third-order valence-corrected chi connectivity index (χ3v) is 3.94. The molecule has 0 saturated heterocycles. The molecule has 3 heteroatoms. The number of hydrogen-bond acceptors (Lipinski definition) is 3. The van der Waals surface area contributed by atoms with Crippen molar-refractivity contribution in [2.75, 3.05) is 13.7 Å². The van der Waals surface area contributed by atoms with Gasteiger partial charge in [0, 0.05) is 18.0 Å². The van der Waals surface area contributed by atoms with E-state index in [2.05, 4.69) is 40.3 Å². The smallest absolute Gasteiger partial charge is 0.124 e. The Hall–Kier alpha value is -1.32. The van der Waals surface area contributed by atoms with Crippen molar-refractivity contribution in [3.05, 3.63) is 40.6 Å². The third-order valence-electron chi connectivity index (χ3n) is 3.26. The van der Waals surface area contributed by atoms with Crippen molar-refractivity contribution in [1.29, 1.82) is 0 Å². The molecule has 0 aliphatic carbocycles. The first-order chi connectivity index (χ1) is 8.38. The maximum absolute atomic E-state index is 5.76. The van der Waals surface area contributed by atoms with Crippen LogP contribution in [0.1, 0.15) is 18.0 Å². The first kappa shape index (κ1) is 10.8. The standard InChI is InChI=1S/C14H15NOS/c1-15-13-4-6-16-14-8-10(2-3-12(13)14)11-5-7-17-9-11/h2-3,5,7-9,13,15H,4,6H2,1H3. The number of rotatable bonds is 2. The van der Waals surface area contributed by atoms with Crippen molar-refractivity contribution in [3.8, 4) is 16.9 Å². The van der Waals surface area contributed by atoms with Crippen LogP contribution in [0.25, 0.3) is 11.1 Å². The Morgan fingerprint density at radius 3 is 3.00 bits per heavy atom. The SMILES string of the molecule is CNC1CCOc2cc(-c3ccsc3)ccc21. The molecule has 0 spiro atoms. The molecule has 0 radical (unpaired) electrons. The molecule has 1 aliphatic rings. The van der Waals surface area contributed by atoms with Crippen LogP contribution in [0.4, 0.5) is 0 Å². The lowest BCUT2D eigenvalue weighted by Gasteiger charge is -2.26. The zero-order chi connectivity index (χ0) is 11.7. The molecule has 17 heavy (non-hydrogen) atoms. The summed E-state index contributed by atoms with van der Waals surface area (Å²) < 4.78 is 5.76. The number of thiophene rings is 1. The number of ether oxygens (including phenoxy) is 1. The van der Waals surface area contributed by atoms with Gasteiger partial charge in [-0.3, -0.25) is 0 Å². The van der Waals surface area contributed by atoms with Crippen LogP contribution < -0.4 is 10.1 Å². The van der Waals surface area contributed by atoms with Gasteiger partial charge in [-0.25, -0.2) is 0 Å². The minimum absolute atomic E-state index is 0.426. The summed E-state index contributed by atoms with van der Waals surface area (Å²) >= 11 is 1.72. The lowest BCUT2D eigenvalue weighted by atomic mass is 9.97. The Balaban J connectivity index is 2.02. The van der Waals surface area contributed by atoms with Crippen molar-refractivity contribution in [2.24, 2.45) is 0 Å². The molecule has 1 atom stereocenters. The quantitative estimate of drug-likeness (QED) is 0.875. The van der Waals surface area contributed by atoms with E-state index in [4.69, 9.17) is 4.74 Å². The summed E-state index contributed by atoms with van der Waals surface area (Å²) in [6, 6.07) is 9.09. The predicted octanol–water partition coefficient (Wildman–Crippen LogP) is 3.46. The first-order valence-electron chi connectivity index (χ1n) is 5.85. The molecule has 0 saturated carbocycles. The summed E-state index contributed by atoms with van der Waals surface area (Å²) in [7, 11) is 2.01. The summed E-state index contributed by atoms with van der Waals surface area (Å²) in [6.45, 7) is 0.797. The van der Waals surface area contributed by atoms with E-state index in [0.29, 0.717) is 6.04 Å². The Kier molecular flexibility index (Phi) is 2.87. The van der Waals surface area contributed by atoms with Gasteiger partial charge in [-0.05, 0) is 41.1 Å². The summed E-state index contributed by atoms with van der Waals surface area (Å²) in [5.41, 5.74) is 3.78. The lowest BCUT2D eigenvalue weighted by molar-refractivity contribution is 0.257. The molecule has 1 aromatic heterocycles. The molecule has 1 aliphatic heterocycles. The van der Waals surface area contributed by atoms with Gasteiger partial charge in [0.25, 0.3) is 0 Å². The van der Waals surface area contributed by atoms with Crippen molar-refractivity contribution >= 4 is 11.3 Å². The molecule has 2 nitrogen and oxygen atoms in total. The van der Waals surface area contributed by atoms with E-state index in [0.717, 1.165) is 18.8 Å². The summed E-state index contributed by atoms with van der Waals surface area (Å²) in [5.74, 6) is 1.03. The zero-order valence-electron chi connectivity index (χ0n) is 9.77. The average molecular weight is 245 g/mol. The number of nitrogens with one attached hydrogen (secondary N) is 1. The van der Waals surface area contributed by atoms with Crippen molar-refractivity contribution in [3.63, 3.8) is 0 Å². The second kappa shape index (κ2) is 4.51. The van der Waals surface area contributed by atoms with Crippen molar-refractivity contribution in [2.45, 2.75) is 12.5 Å². The highest BCUT2D eigenvalue weighted by Crippen LogP contribution is 2.35. The maximum Gasteiger partial charge on any atom is 0.124 e. The van der Waals surface area contributed by atoms with Crippen LogP contribution in [0.15, 0.2) is 35.0 Å². The molecular weight excluding hydrogens is 230 g/mol. The molecule has 1 N–H and O–H groups in total. The summed E-state index contributed by atoms with van der Waals surface area (Å²) in [5, 5.41) is 7.61. The van der Waals surface area contributed by atoms with Gasteiger partial charge in [-0.15, -0.1) is 0 Å². The van der Waals surface area contributed by atoms with Crippen molar-refractivity contribution in [1.82, 2.24) is 5.32 Å². The number of benzene rings is 1. The molecular formula is C14H15NOS. The molecule has 3 rings (SSSR count). The molecule has 2 aromatic rings. The van der Waals surface area contributed by atoms with E-state index in [1.54, 1.807) is 11.3 Å². The maximum atomic E-state index is 5.76. The van der Waals surface area contributed by atoms with Crippen LogP contribution in [-0.4, -0.2) is 13.7 Å². The van der Waals surface area contributed by atoms with Crippen LogP contribution in [0.3, 0.4) is 0 Å². The highest BCUT2D eigenvalue weighted by Gasteiger charge is 2.20. The fourth-order valence-corrected chi connectivity index (χ4v) is 2.96. The number of fused-ring (bicyclic) bond motifs is 1. The van der Waals surface area contributed by atoms with Crippen LogP contribution in [0, 0.1) is 0 Å². The highest BCUT2D eigenvalue weighted by molar-refractivity contribution is 7.08. The molecule has 0 fully saturated rings. The van der Waals surface area contributed by atoms with Gasteiger partial charge in [0.2, 0.25) is 0 Å². The monoisotopic (exact) mass is 245 g/mol. The Morgan fingerprint density at radius 2 is 2.24 bits per heavy atom. The Morgan fingerprint density at radius 1 is 1.29 bits per heavy atom. The highest BCUT2D eigenvalue weighted by atomic mass is 32.1. The van der Waals surface area contributed by atoms with Crippen molar-refractivity contribution < 1.29 is 4.74 Å². The molecule has 2 heterocycles. The van der Waals surface area contributed by atoms with Gasteiger partial charge in [0.1, 0.15) is 5.75 Å². The van der Waals surface area contributed by atoms with Crippen LogP contribution in [0.2, 0.25) is 0 Å². The second-order valence-corrected chi connectivity index (χ2v) is 5.02. The van der Waals surface area contributed by atoms with E-state index < -0.39 is 0 Å². The lowest BCUT2D eigenvalue weighted by Crippen LogP contribution is -2.23. The zero-order valence-corrected chi connectivity index (χ0v) is 10.6. The summed E-state index contributed by atoms with van der Waals surface area (Å²) in [4.78, 5) is 0. The van der Waals surface area contributed by atoms with Gasteiger partial charge in [-0.2, -0.15) is 11.3 Å². The van der Waals surface area contributed by atoms with Crippen LogP contribution in [0.5, 0.6) is 5.75 Å². The fourth-order valence-electron chi connectivity index (χ4n) is 2.30. The molecule has 1 unspecified atom stereocenters. The Bertz CT molecular complexity index is 507. The minimum Gasteiger partial charge on any atom is -0.493 e. The largest absolute Gasteiger partial charge is 0.493 e. The van der Waals surface area contributed by atoms with Gasteiger partial charge in [-0.1, -0.05) is 12.1 Å². The van der Waals surface area contributed by atoms with Gasteiger partial charge < -0.3 is 10.1 Å². The van der Waals surface area contributed by atoms with E-state index >= 15 is 0 Å². The first-order valence-corrected chi connectivity index (χ1v) is 6.79. The van der Waals surface area contributed by atoms with Crippen LogP contribution >= 0.6 is 11.3 Å². The topological polar surface area (TPSA) is 21.3 Å². The van der Waals surface area contributed by atoms with Gasteiger partial charge in [0.05, 0.1) is 6.61 Å². The van der Waals surface area contributed by atoms with E-state index in [1.165, 1.54) is 16.7 Å². The second-order valence-electron chi connectivity index (χ2n) is 4.24. The normalized spacial score (nSPS) is 18.5. The molecule has 88 valence electrons. The average Bonchev–Trinajstić information content (AvgIpc) is 2.91. The minimum atomic E-state index is 0.426. The molecule has 0 amide bonds. The van der Waals surface area contributed by atoms with Crippen LogP contribution in [-0.2, 0) is 0 Å². The van der Waals surface area contributed by atoms with E-state index in [9.17, 15) is 0 Å².